The van der Waals surface area contributed by atoms with Crippen molar-refractivity contribution in [1.82, 2.24) is 4.98 Å². The van der Waals surface area contributed by atoms with E-state index in [2.05, 4.69) is 29.5 Å². The van der Waals surface area contributed by atoms with Crippen LogP contribution in [0.15, 0.2) is 36.5 Å². The van der Waals surface area contributed by atoms with Gasteiger partial charge in [0.15, 0.2) is 0 Å². The standard InChI is InChI=1S/C26H30F3N3/c1-14(2)12-30-22-10-8-19(13-31-22)24-17(6)25(28)23(16(5)26(24)29)18-7-9-21(20(27)11-18)32-15(3)4/h7-11,13-15,32H,12H2,1-6H3,(H,30,31). The average Bonchev–Trinajstić information content (AvgIpc) is 2.73. The van der Waals surface area contributed by atoms with E-state index in [9.17, 15) is 4.39 Å². The van der Waals surface area contributed by atoms with Crippen molar-refractivity contribution in [2.45, 2.75) is 47.6 Å². The zero-order valence-corrected chi connectivity index (χ0v) is 19.4. The van der Waals surface area contributed by atoms with Crippen molar-refractivity contribution >= 4 is 11.5 Å². The van der Waals surface area contributed by atoms with Gasteiger partial charge in [-0.15, -0.1) is 0 Å². The van der Waals surface area contributed by atoms with Crippen LogP contribution in [-0.4, -0.2) is 17.6 Å². The van der Waals surface area contributed by atoms with Gasteiger partial charge in [-0.1, -0.05) is 19.9 Å². The van der Waals surface area contributed by atoms with Gasteiger partial charge in [0, 0.05) is 35.5 Å². The summed E-state index contributed by atoms with van der Waals surface area (Å²) in [5.74, 6) is -0.468. The lowest BCUT2D eigenvalue weighted by molar-refractivity contribution is 0.591. The summed E-state index contributed by atoms with van der Waals surface area (Å²) in [6.45, 7) is 11.8. The van der Waals surface area contributed by atoms with E-state index in [-0.39, 0.29) is 28.3 Å². The predicted molar refractivity (Wildman–Crippen MR) is 127 cm³/mol. The predicted octanol–water partition coefficient (Wildman–Crippen LogP) is 7.34. The Kier molecular flexibility index (Phi) is 7.12. The van der Waals surface area contributed by atoms with E-state index in [0.717, 1.165) is 6.54 Å². The second kappa shape index (κ2) is 9.63. The number of rotatable bonds is 7. The molecule has 0 aliphatic rings. The molecule has 3 aromatic rings. The molecular formula is C26H30F3N3. The molecule has 2 aromatic carbocycles. The van der Waals surface area contributed by atoms with Crippen molar-refractivity contribution in [3.05, 3.63) is 65.1 Å². The van der Waals surface area contributed by atoms with Crippen LogP contribution >= 0.6 is 0 Å². The number of hydrogen-bond acceptors (Lipinski definition) is 3. The summed E-state index contributed by atoms with van der Waals surface area (Å²) in [5.41, 5.74) is 1.66. The van der Waals surface area contributed by atoms with Gasteiger partial charge >= 0.3 is 0 Å². The number of hydrogen-bond donors (Lipinski definition) is 2. The van der Waals surface area contributed by atoms with Gasteiger partial charge in [0.05, 0.1) is 5.69 Å². The second-order valence-corrected chi connectivity index (χ2v) is 8.83. The first-order chi connectivity index (χ1) is 15.1. The molecule has 1 heterocycles. The molecule has 0 atom stereocenters. The van der Waals surface area contributed by atoms with Gasteiger partial charge < -0.3 is 10.6 Å². The van der Waals surface area contributed by atoms with Crippen LogP contribution < -0.4 is 10.6 Å². The minimum absolute atomic E-state index is 0.0494. The summed E-state index contributed by atoms with van der Waals surface area (Å²) in [5, 5.41) is 6.21. The third kappa shape index (κ3) is 4.90. The maximum atomic E-state index is 15.5. The molecule has 2 N–H and O–H groups in total. The van der Waals surface area contributed by atoms with E-state index in [4.69, 9.17) is 0 Å². The molecule has 0 unspecified atom stereocenters. The molecule has 0 aliphatic heterocycles. The van der Waals surface area contributed by atoms with Gasteiger partial charge in [-0.2, -0.15) is 0 Å². The average molecular weight is 442 g/mol. The first kappa shape index (κ1) is 23.6. The Morgan fingerprint density at radius 3 is 1.94 bits per heavy atom. The first-order valence-electron chi connectivity index (χ1n) is 10.8. The Morgan fingerprint density at radius 1 is 0.844 bits per heavy atom. The van der Waals surface area contributed by atoms with Crippen LogP contribution in [0.4, 0.5) is 24.7 Å². The molecule has 0 radical (unpaired) electrons. The Morgan fingerprint density at radius 2 is 1.44 bits per heavy atom. The fourth-order valence-electron chi connectivity index (χ4n) is 3.66. The van der Waals surface area contributed by atoms with Crippen LogP contribution in [-0.2, 0) is 0 Å². The summed E-state index contributed by atoms with van der Waals surface area (Å²) in [7, 11) is 0. The lowest BCUT2D eigenvalue weighted by atomic mass is 9.90. The highest BCUT2D eigenvalue weighted by Gasteiger charge is 2.23. The van der Waals surface area contributed by atoms with Crippen LogP contribution in [0, 0.1) is 37.2 Å². The lowest BCUT2D eigenvalue weighted by Gasteiger charge is -2.18. The van der Waals surface area contributed by atoms with Crippen molar-refractivity contribution in [3.8, 4) is 22.3 Å². The molecule has 3 nitrogen and oxygen atoms in total. The molecule has 170 valence electrons. The maximum Gasteiger partial charge on any atom is 0.146 e. The number of pyridine rings is 1. The quantitative estimate of drug-likeness (QED) is 0.403. The number of nitrogens with one attached hydrogen (secondary N) is 2. The minimum Gasteiger partial charge on any atom is -0.381 e. The fourth-order valence-corrected chi connectivity index (χ4v) is 3.66. The summed E-state index contributed by atoms with van der Waals surface area (Å²) < 4.78 is 45.5. The van der Waals surface area contributed by atoms with Crippen molar-refractivity contribution in [2.75, 3.05) is 17.2 Å². The van der Waals surface area contributed by atoms with Gasteiger partial charge in [0.25, 0.3) is 0 Å². The molecular weight excluding hydrogens is 411 g/mol. The van der Waals surface area contributed by atoms with E-state index < -0.39 is 17.5 Å². The summed E-state index contributed by atoms with van der Waals surface area (Å²) in [4.78, 5) is 4.34. The molecule has 1 aromatic heterocycles. The van der Waals surface area contributed by atoms with Gasteiger partial charge in [0.1, 0.15) is 23.3 Å². The van der Waals surface area contributed by atoms with Crippen LogP contribution in [0.5, 0.6) is 0 Å². The highest BCUT2D eigenvalue weighted by molar-refractivity contribution is 5.78. The van der Waals surface area contributed by atoms with E-state index in [1.54, 1.807) is 30.5 Å². The monoisotopic (exact) mass is 441 g/mol. The summed E-state index contributed by atoms with van der Waals surface area (Å²) >= 11 is 0. The number of halogens is 3. The molecule has 0 fully saturated rings. The molecule has 6 heteroatoms. The molecule has 0 saturated carbocycles. The van der Waals surface area contributed by atoms with Gasteiger partial charge in [-0.3, -0.25) is 0 Å². The van der Waals surface area contributed by atoms with Crippen molar-refractivity contribution in [2.24, 2.45) is 5.92 Å². The highest BCUT2D eigenvalue weighted by atomic mass is 19.1. The van der Waals surface area contributed by atoms with Crippen LogP contribution in [0.25, 0.3) is 22.3 Å². The Hall–Kier alpha value is -3.02. The fraction of sp³-hybridized carbons (Fsp3) is 0.346. The Balaban J connectivity index is 2.03. The molecule has 0 spiro atoms. The van der Waals surface area contributed by atoms with Gasteiger partial charge in [0.2, 0.25) is 0 Å². The van der Waals surface area contributed by atoms with Crippen molar-refractivity contribution < 1.29 is 13.2 Å². The molecule has 0 saturated heterocycles. The normalized spacial score (nSPS) is 11.3. The largest absolute Gasteiger partial charge is 0.381 e. The zero-order chi connectivity index (χ0) is 23.6. The lowest BCUT2D eigenvalue weighted by Crippen LogP contribution is -2.11. The SMILES string of the molecule is Cc1c(F)c(-c2ccc(NC(C)C)c(F)c2)c(C)c(F)c1-c1ccc(NCC(C)C)nc1. The highest BCUT2D eigenvalue weighted by Crippen LogP contribution is 2.38. The Bertz CT molecular complexity index is 1080. The van der Waals surface area contributed by atoms with E-state index in [1.165, 1.54) is 19.9 Å². The smallest absolute Gasteiger partial charge is 0.146 e. The van der Waals surface area contributed by atoms with Gasteiger partial charge in [-0.25, -0.2) is 18.2 Å². The van der Waals surface area contributed by atoms with E-state index in [0.29, 0.717) is 28.6 Å². The number of aromatic nitrogens is 1. The third-order valence-corrected chi connectivity index (χ3v) is 5.29. The maximum absolute atomic E-state index is 15.5. The number of anilines is 2. The van der Waals surface area contributed by atoms with Crippen molar-refractivity contribution in [3.63, 3.8) is 0 Å². The summed E-state index contributed by atoms with van der Waals surface area (Å²) in [6, 6.07) is 7.93. The molecule has 3 rings (SSSR count). The second-order valence-electron chi connectivity index (χ2n) is 8.83. The number of benzene rings is 2. The number of nitrogens with zero attached hydrogens (tertiary/aromatic N) is 1. The molecule has 0 bridgehead atoms. The minimum atomic E-state index is -0.565. The van der Waals surface area contributed by atoms with E-state index >= 15 is 8.78 Å². The summed E-state index contributed by atoms with van der Waals surface area (Å²) in [6.07, 6.45) is 1.54. The molecule has 32 heavy (non-hydrogen) atoms. The van der Waals surface area contributed by atoms with Crippen molar-refractivity contribution in [1.29, 1.82) is 0 Å². The van der Waals surface area contributed by atoms with Gasteiger partial charge in [-0.05, 0) is 74.6 Å². The topological polar surface area (TPSA) is 37.0 Å². The molecule has 0 aliphatic carbocycles. The van der Waals surface area contributed by atoms with Crippen LogP contribution in [0.2, 0.25) is 0 Å². The first-order valence-corrected chi connectivity index (χ1v) is 10.8. The molecule has 0 amide bonds. The van der Waals surface area contributed by atoms with Crippen LogP contribution in [0.1, 0.15) is 38.8 Å². The third-order valence-electron chi connectivity index (χ3n) is 5.29. The zero-order valence-electron chi connectivity index (χ0n) is 19.4. The van der Waals surface area contributed by atoms with Crippen LogP contribution in [0.3, 0.4) is 0 Å². The van der Waals surface area contributed by atoms with E-state index in [1.807, 2.05) is 13.8 Å². The Labute approximate surface area is 188 Å².